The smallest absolute Gasteiger partial charge is 0.269 e. The molecule has 0 aromatic heterocycles. The van der Waals surface area contributed by atoms with Gasteiger partial charge >= 0.3 is 0 Å². The molecule has 0 saturated carbocycles. The lowest BCUT2D eigenvalue weighted by Gasteiger charge is -2.24. The number of nitrogens with zero attached hydrogens (tertiary/aromatic N) is 5. The Bertz CT molecular complexity index is 1190. The highest BCUT2D eigenvalue weighted by molar-refractivity contribution is 5.97. The summed E-state index contributed by atoms with van der Waals surface area (Å²) in [6.45, 7) is 0. The van der Waals surface area contributed by atoms with Crippen LogP contribution in [-0.2, 0) is 0 Å². The number of non-ortho nitro benzene ring substituents is 1. The van der Waals surface area contributed by atoms with Crippen molar-refractivity contribution in [2.24, 2.45) is 0 Å². The second-order valence-electron chi connectivity index (χ2n) is 6.36. The van der Waals surface area contributed by atoms with Crippen molar-refractivity contribution in [1.82, 2.24) is 9.55 Å². The van der Waals surface area contributed by atoms with Crippen LogP contribution in [0.5, 0.6) is 0 Å². The normalized spacial score (nSPS) is 10.9. The fourth-order valence-corrected chi connectivity index (χ4v) is 3.35. The number of nitriles is 1. The number of benzene rings is 2. The van der Waals surface area contributed by atoms with Crippen molar-refractivity contribution >= 4 is 22.4 Å². The van der Waals surface area contributed by atoms with Crippen LogP contribution in [0.15, 0.2) is 54.6 Å². The first-order valence-corrected chi connectivity index (χ1v) is 8.27. The van der Waals surface area contributed by atoms with Gasteiger partial charge in [0.05, 0.1) is 27.4 Å². The van der Waals surface area contributed by atoms with E-state index in [1.165, 1.54) is 12.1 Å². The van der Waals surface area contributed by atoms with Crippen LogP contribution in [0.1, 0.15) is 5.56 Å². The third-order valence-corrected chi connectivity index (χ3v) is 4.46. The van der Waals surface area contributed by atoms with Crippen LogP contribution in [0.3, 0.4) is 0 Å². The van der Waals surface area contributed by atoms with Crippen LogP contribution in [0.2, 0.25) is 0 Å². The van der Waals surface area contributed by atoms with Gasteiger partial charge in [-0.05, 0) is 24.3 Å². The Kier molecular flexibility index (Phi) is 3.74. The van der Waals surface area contributed by atoms with Gasteiger partial charge in [-0.1, -0.05) is 18.2 Å². The summed E-state index contributed by atoms with van der Waals surface area (Å²) >= 11 is 0. The summed E-state index contributed by atoms with van der Waals surface area (Å²) < 4.78 is 1.94. The first-order valence-electron chi connectivity index (χ1n) is 8.27. The van der Waals surface area contributed by atoms with E-state index in [2.05, 4.69) is 11.1 Å². The molecule has 0 N–H and O–H groups in total. The molecule has 0 saturated heterocycles. The van der Waals surface area contributed by atoms with Crippen molar-refractivity contribution in [2.75, 3.05) is 19.0 Å². The van der Waals surface area contributed by atoms with Crippen LogP contribution >= 0.6 is 0 Å². The molecule has 2 aromatic carbocycles. The van der Waals surface area contributed by atoms with Gasteiger partial charge in [0.2, 0.25) is 0 Å². The minimum atomic E-state index is -0.429. The molecule has 0 unspecified atom stereocenters. The molecule has 0 aliphatic carbocycles. The molecule has 2 heterocycles. The standard InChI is InChI=1S/C20H15N5O2/c1-23(2)20-13(12-21)11-18-19(16-5-3-4-6-17(16)22-18)24(20)14-7-9-15(10-8-14)25(26)27/h3-11H,1-2H3. The molecule has 2 aliphatic rings. The second-order valence-corrected chi connectivity index (χ2v) is 6.36. The van der Waals surface area contributed by atoms with Gasteiger partial charge in [0, 0.05) is 37.3 Å². The van der Waals surface area contributed by atoms with E-state index in [0.29, 0.717) is 17.1 Å². The van der Waals surface area contributed by atoms with Crippen LogP contribution < -0.4 is 4.90 Å². The Balaban J connectivity index is 2.14. The third kappa shape index (κ3) is 2.55. The maximum Gasteiger partial charge on any atom is 0.269 e. The van der Waals surface area contributed by atoms with Gasteiger partial charge in [-0.2, -0.15) is 5.26 Å². The predicted molar refractivity (Wildman–Crippen MR) is 103 cm³/mol. The number of nitro groups is 1. The zero-order valence-electron chi connectivity index (χ0n) is 14.7. The van der Waals surface area contributed by atoms with Gasteiger partial charge in [0.15, 0.2) is 0 Å². The lowest BCUT2D eigenvalue weighted by molar-refractivity contribution is -0.384. The van der Waals surface area contributed by atoms with E-state index in [1.807, 2.05) is 47.8 Å². The number of fused-ring (bicyclic) bond motifs is 3. The highest BCUT2D eigenvalue weighted by Crippen LogP contribution is 2.38. The molecule has 4 rings (SSSR count). The highest BCUT2D eigenvalue weighted by Gasteiger charge is 2.23. The van der Waals surface area contributed by atoms with Crippen LogP contribution in [-0.4, -0.2) is 28.6 Å². The van der Waals surface area contributed by atoms with Crippen LogP contribution in [0.4, 0.5) is 11.5 Å². The Morgan fingerprint density at radius 3 is 2.48 bits per heavy atom. The molecular weight excluding hydrogens is 342 g/mol. The molecule has 0 radical (unpaired) electrons. The number of nitro benzene ring substituents is 1. The van der Waals surface area contributed by atoms with Crippen molar-refractivity contribution in [3.05, 3.63) is 70.3 Å². The molecule has 27 heavy (non-hydrogen) atoms. The molecule has 7 heteroatoms. The van der Waals surface area contributed by atoms with E-state index in [1.54, 1.807) is 18.2 Å². The fourth-order valence-electron chi connectivity index (χ4n) is 3.35. The van der Waals surface area contributed by atoms with Gasteiger partial charge in [-0.3, -0.25) is 14.7 Å². The number of rotatable bonds is 3. The molecular formula is C20H15N5O2. The van der Waals surface area contributed by atoms with E-state index < -0.39 is 4.92 Å². The maximum atomic E-state index is 11.0. The van der Waals surface area contributed by atoms with Crippen molar-refractivity contribution in [1.29, 1.82) is 5.26 Å². The predicted octanol–water partition coefficient (Wildman–Crippen LogP) is 3.98. The Morgan fingerprint density at radius 1 is 1.15 bits per heavy atom. The average Bonchev–Trinajstić information content (AvgIpc) is 3.04. The molecule has 0 bridgehead atoms. The van der Waals surface area contributed by atoms with Gasteiger partial charge in [0.25, 0.3) is 5.69 Å². The van der Waals surface area contributed by atoms with E-state index in [0.717, 1.165) is 22.3 Å². The number of para-hydroxylation sites is 1. The molecule has 7 nitrogen and oxygen atoms in total. The molecule has 132 valence electrons. The first kappa shape index (κ1) is 16.5. The molecule has 0 fully saturated rings. The van der Waals surface area contributed by atoms with Crippen LogP contribution in [0, 0.1) is 21.4 Å². The summed E-state index contributed by atoms with van der Waals surface area (Å²) in [4.78, 5) is 17.1. The van der Waals surface area contributed by atoms with Crippen molar-refractivity contribution in [3.8, 4) is 23.1 Å². The number of hydrogen-bond donors (Lipinski definition) is 0. The van der Waals surface area contributed by atoms with Crippen molar-refractivity contribution < 1.29 is 4.92 Å². The monoisotopic (exact) mass is 357 g/mol. The van der Waals surface area contributed by atoms with Gasteiger partial charge in [0.1, 0.15) is 11.9 Å². The van der Waals surface area contributed by atoms with Crippen molar-refractivity contribution in [2.45, 2.75) is 0 Å². The lowest BCUT2D eigenvalue weighted by Crippen LogP contribution is -2.19. The van der Waals surface area contributed by atoms with E-state index in [4.69, 9.17) is 0 Å². The lowest BCUT2D eigenvalue weighted by atomic mass is 10.1. The number of pyridine rings is 1. The minimum absolute atomic E-state index is 0.0175. The molecule has 0 atom stereocenters. The van der Waals surface area contributed by atoms with Crippen molar-refractivity contribution in [3.63, 3.8) is 0 Å². The summed E-state index contributed by atoms with van der Waals surface area (Å²) in [5.74, 6) is 0.692. The number of anilines is 1. The average molecular weight is 357 g/mol. The minimum Gasteiger partial charge on any atom is -0.363 e. The Morgan fingerprint density at radius 2 is 1.85 bits per heavy atom. The molecule has 0 amide bonds. The maximum absolute atomic E-state index is 11.0. The number of hydrogen-bond acceptors (Lipinski definition) is 5. The summed E-state index contributed by atoms with van der Waals surface area (Å²) in [6.07, 6.45) is 0. The van der Waals surface area contributed by atoms with Gasteiger partial charge in [-0.15, -0.1) is 0 Å². The van der Waals surface area contributed by atoms with Gasteiger partial charge in [-0.25, -0.2) is 4.98 Å². The van der Waals surface area contributed by atoms with E-state index in [-0.39, 0.29) is 5.69 Å². The Hall–Kier alpha value is -3.92. The molecule has 2 aliphatic heterocycles. The largest absolute Gasteiger partial charge is 0.363 e. The topological polar surface area (TPSA) is 88.0 Å². The quantitative estimate of drug-likeness (QED) is 0.409. The first-order chi connectivity index (χ1) is 13.0. The second kappa shape index (κ2) is 6.11. The highest BCUT2D eigenvalue weighted by atomic mass is 16.6. The SMILES string of the molecule is CN(C)c1c(C#N)cc2nc3ccccc3c-2n1-c1ccc([N+](=O)[O-])cc1. The summed E-state index contributed by atoms with van der Waals surface area (Å²) in [7, 11) is 3.73. The fraction of sp³-hybridized carbons (Fsp3) is 0.100. The zero-order chi connectivity index (χ0) is 19.1. The molecule has 2 aromatic rings. The Labute approximate surface area is 155 Å². The molecule has 0 spiro atoms. The van der Waals surface area contributed by atoms with E-state index in [9.17, 15) is 15.4 Å². The third-order valence-electron chi connectivity index (χ3n) is 4.46. The summed E-state index contributed by atoms with van der Waals surface area (Å²) in [5, 5.41) is 21.6. The summed E-state index contributed by atoms with van der Waals surface area (Å²) in [5.41, 5.74) is 3.63. The van der Waals surface area contributed by atoms with Crippen LogP contribution in [0.25, 0.3) is 28.0 Å². The number of aromatic nitrogens is 2. The zero-order valence-corrected chi connectivity index (χ0v) is 14.7. The van der Waals surface area contributed by atoms with E-state index >= 15 is 0 Å². The summed E-state index contributed by atoms with van der Waals surface area (Å²) in [6, 6.07) is 18.1. The van der Waals surface area contributed by atoms with Gasteiger partial charge < -0.3 is 4.90 Å².